The van der Waals surface area contributed by atoms with E-state index in [9.17, 15) is 13.6 Å². The first kappa shape index (κ1) is 13.0. The lowest BCUT2D eigenvalue weighted by Gasteiger charge is -2.24. The summed E-state index contributed by atoms with van der Waals surface area (Å²) in [6, 6.07) is 0. The fraction of sp³-hybridized carbons (Fsp3) is 0.625. The normalized spacial score (nSPS) is 15.2. The van der Waals surface area contributed by atoms with E-state index in [1.54, 1.807) is 0 Å². The molecule has 1 unspecified atom stereocenters. The Kier molecular flexibility index (Phi) is 4.65. The van der Waals surface area contributed by atoms with Crippen molar-refractivity contribution in [1.29, 1.82) is 0 Å². The number of rotatable bonds is 6. The van der Waals surface area contributed by atoms with Crippen LogP contribution in [0.2, 0.25) is 0 Å². The molecule has 0 fully saturated rings. The number of carbonyl (C=O) groups is 1. The van der Waals surface area contributed by atoms with Crippen molar-refractivity contribution < 1.29 is 18.7 Å². The molecule has 0 heterocycles. The lowest BCUT2D eigenvalue weighted by atomic mass is 9.91. The standard InChI is InChI=1S/C8H14F2N2O2/c1-5(2-3-11)4-8(12,6(9)10)7(13)14/h6H,1-4,11-12H2,(H,13,14). The highest BCUT2D eigenvalue weighted by atomic mass is 19.3. The lowest BCUT2D eigenvalue weighted by molar-refractivity contribution is -0.149. The quantitative estimate of drug-likeness (QED) is 0.549. The van der Waals surface area contributed by atoms with Gasteiger partial charge in [-0.1, -0.05) is 12.2 Å². The summed E-state index contributed by atoms with van der Waals surface area (Å²) in [6.07, 6.45) is -3.30. The van der Waals surface area contributed by atoms with Crippen molar-refractivity contribution in [3.8, 4) is 0 Å². The van der Waals surface area contributed by atoms with Crippen LogP contribution in [-0.2, 0) is 4.79 Å². The molecule has 0 aliphatic rings. The van der Waals surface area contributed by atoms with Gasteiger partial charge < -0.3 is 16.6 Å². The number of nitrogens with two attached hydrogens (primary N) is 2. The molecule has 6 heteroatoms. The summed E-state index contributed by atoms with van der Waals surface area (Å²) in [7, 11) is 0. The second-order valence-electron chi connectivity index (χ2n) is 3.11. The average molecular weight is 208 g/mol. The molecule has 0 saturated heterocycles. The molecule has 0 aromatic carbocycles. The lowest BCUT2D eigenvalue weighted by Crippen LogP contribution is -2.54. The van der Waals surface area contributed by atoms with E-state index in [1.807, 2.05) is 0 Å². The molecule has 0 radical (unpaired) electrons. The molecule has 0 aliphatic heterocycles. The molecule has 0 aromatic rings. The first-order valence-electron chi connectivity index (χ1n) is 4.01. The molecule has 0 amide bonds. The van der Waals surface area contributed by atoms with Gasteiger partial charge in [-0.05, 0) is 13.0 Å². The third-order valence-corrected chi connectivity index (χ3v) is 1.83. The molecule has 82 valence electrons. The topological polar surface area (TPSA) is 89.3 Å². The number of aliphatic carboxylic acids is 1. The molecule has 0 aromatic heterocycles. The maximum atomic E-state index is 12.4. The first-order chi connectivity index (χ1) is 6.34. The Morgan fingerprint density at radius 3 is 2.36 bits per heavy atom. The Morgan fingerprint density at radius 2 is 2.07 bits per heavy atom. The zero-order valence-corrected chi connectivity index (χ0v) is 7.67. The van der Waals surface area contributed by atoms with Gasteiger partial charge in [-0.25, -0.2) is 13.6 Å². The fourth-order valence-electron chi connectivity index (χ4n) is 0.952. The molecular formula is C8H14F2N2O2. The number of carboxylic acid groups (broad SMARTS) is 1. The highest BCUT2D eigenvalue weighted by molar-refractivity contribution is 5.79. The Hall–Kier alpha value is -1.01. The third kappa shape index (κ3) is 3.04. The van der Waals surface area contributed by atoms with E-state index in [-0.39, 0.29) is 6.54 Å². The van der Waals surface area contributed by atoms with Gasteiger partial charge in [0.1, 0.15) is 0 Å². The van der Waals surface area contributed by atoms with Crippen LogP contribution in [0.4, 0.5) is 8.78 Å². The van der Waals surface area contributed by atoms with Crippen LogP contribution in [0.25, 0.3) is 0 Å². The van der Waals surface area contributed by atoms with Crippen LogP contribution in [0.3, 0.4) is 0 Å². The van der Waals surface area contributed by atoms with Crippen LogP contribution in [0, 0.1) is 0 Å². The maximum Gasteiger partial charge on any atom is 0.330 e. The molecule has 5 N–H and O–H groups in total. The molecule has 0 spiro atoms. The van der Waals surface area contributed by atoms with Crippen molar-refractivity contribution in [3.05, 3.63) is 12.2 Å². The molecular weight excluding hydrogens is 194 g/mol. The second kappa shape index (κ2) is 5.02. The van der Waals surface area contributed by atoms with Crippen LogP contribution in [0.1, 0.15) is 12.8 Å². The molecule has 0 rings (SSSR count). The van der Waals surface area contributed by atoms with Crippen LogP contribution in [-0.4, -0.2) is 29.6 Å². The second-order valence-corrected chi connectivity index (χ2v) is 3.11. The largest absolute Gasteiger partial charge is 0.480 e. The summed E-state index contributed by atoms with van der Waals surface area (Å²) in [5.74, 6) is -1.73. The fourth-order valence-corrected chi connectivity index (χ4v) is 0.952. The van der Waals surface area contributed by atoms with E-state index in [2.05, 4.69) is 6.58 Å². The number of hydrogen-bond acceptors (Lipinski definition) is 3. The molecule has 1 atom stereocenters. The molecule has 0 bridgehead atoms. The third-order valence-electron chi connectivity index (χ3n) is 1.83. The van der Waals surface area contributed by atoms with E-state index < -0.39 is 24.4 Å². The predicted octanol–water partition coefficient (Wildman–Crippen LogP) is 0.329. The number of carboxylic acids is 1. The molecule has 14 heavy (non-hydrogen) atoms. The summed E-state index contributed by atoms with van der Waals surface area (Å²) in [4.78, 5) is 10.5. The van der Waals surface area contributed by atoms with E-state index in [1.165, 1.54) is 0 Å². The number of hydrogen-bond donors (Lipinski definition) is 3. The van der Waals surface area contributed by atoms with E-state index >= 15 is 0 Å². The van der Waals surface area contributed by atoms with Crippen molar-refractivity contribution >= 4 is 5.97 Å². The van der Waals surface area contributed by atoms with Gasteiger partial charge in [0.25, 0.3) is 6.43 Å². The van der Waals surface area contributed by atoms with Crippen molar-refractivity contribution in [2.24, 2.45) is 11.5 Å². The summed E-state index contributed by atoms with van der Waals surface area (Å²) in [6.45, 7) is 3.67. The highest BCUT2D eigenvalue weighted by Crippen LogP contribution is 2.22. The average Bonchev–Trinajstić information content (AvgIpc) is 2.03. The van der Waals surface area contributed by atoms with E-state index in [0.29, 0.717) is 12.0 Å². The summed E-state index contributed by atoms with van der Waals surface area (Å²) in [5.41, 5.74) is 8.00. The molecule has 0 saturated carbocycles. The Morgan fingerprint density at radius 1 is 1.57 bits per heavy atom. The van der Waals surface area contributed by atoms with Gasteiger partial charge in [-0.3, -0.25) is 0 Å². The van der Waals surface area contributed by atoms with E-state index in [4.69, 9.17) is 16.6 Å². The van der Waals surface area contributed by atoms with Gasteiger partial charge in [-0.15, -0.1) is 0 Å². The maximum absolute atomic E-state index is 12.4. The zero-order chi connectivity index (χ0) is 11.4. The van der Waals surface area contributed by atoms with Crippen LogP contribution in [0.15, 0.2) is 12.2 Å². The first-order valence-corrected chi connectivity index (χ1v) is 4.01. The van der Waals surface area contributed by atoms with Crippen molar-refractivity contribution in [2.45, 2.75) is 24.8 Å². The van der Waals surface area contributed by atoms with E-state index in [0.717, 1.165) is 0 Å². The van der Waals surface area contributed by atoms with Crippen molar-refractivity contribution in [3.63, 3.8) is 0 Å². The van der Waals surface area contributed by atoms with Crippen LogP contribution < -0.4 is 11.5 Å². The van der Waals surface area contributed by atoms with Crippen molar-refractivity contribution in [1.82, 2.24) is 0 Å². The van der Waals surface area contributed by atoms with Gasteiger partial charge in [0, 0.05) is 6.42 Å². The minimum Gasteiger partial charge on any atom is -0.480 e. The van der Waals surface area contributed by atoms with Gasteiger partial charge >= 0.3 is 5.97 Å². The van der Waals surface area contributed by atoms with Gasteiger partial charge in [0.05, 0.1) is 0 Å². The van der Waals surface area contributed by atoms with Crippen molar-refractivity contribution in [2.75, 3.05) is 6.54 Å². The minimum atomic E-state index is -3.13. The SMILES string of the molecule is C=C(CCN)CC(N)(C(=O)O)C(F)F. The van der Waals surface area contributed by atoms with Gasteiger partial charge in [0.2, 0.25) is 0 Å². The smallest absolute Gasteiger partial charge is 0.330 e. The highest BCUT2D eigenvalue weighted by Gasteiger charge is 2.43. The number of alkyl halides is 2. The van der Waals surface area contributed by atoms with Crippen LogP contribution >= 0.6 is 0 Å². The van der Waals surface area contributed by atoms with Crippen LogP contribution in [0.5, 0.6) is 0 Å². The summed E-state index contributed by atoms with van der Waals surface area (Å²) in [5, 5.41) is 8.54. The predicted molar refractivity (Wildman–Crippen MR) is 48.0 cm³/mol. The number of halogens is 2. The van der Waals surface area contributed by atoms with Gasteiger partial charge in [-0.2, -0.15) is 0 Å². The van der Waals surface area contributed by atoms with Gasteiger partial charge in [0.15, 0.2) is 5.54 Å². The minimum absolute atomic E-state index is 0.234. The summed E-state index contributed by atoms with van der Waals surface area (Å²) >= 11 is 0. The Bertz CT molecular complexity index is 233. The summed E-state index contributed by atoms with van der Waals surface area (Å²) < 4.78 is 24.7. The Labute approximate surface area is 80.6 Å². The molecule has 0 aliphatic carbocycles. The monoisotopic (exact) mass is 208 g/mol. The zero-order valence-electron chi connectivity index (χ0n) is 7.67. The Balaban J connectivity index is 4.54. The molecule has 4 nitrogen and oxygen atoms in total.